The third-order valence-electron chi connectivity index (χ3n) is 2.51. The Balaban J connectivity index is 3.01. The maximum Gasteiger partial charge on any atom is 0.353 e. The van der Waals surface area contributed by atoms with Crippen molar-refractivity contribution in [2.45, 2.75) is 6.92 Å². The third kappa shape index (κ3) is 1.50. The molecule has 17 heavy (non-hydrogen) atoms. The van der Waals surface area contributed by atoms with Gasteiger partial charge in [0.15, 0.2) is 5.56 Å². The number of rotatable bonds is 1. The summed E-state index contributed by atoms with van der Waals surface area (Å²) in [4.78, 5) is 22.4. The first kappa shape index (κ1) is 11.0. The molecule has 0 bridgehead atoms. The van der Waals surface area contributed by atoms with Crippen molar-refractivity contribution in [2.75, 3.05) is 0 Å². The second-order valence-corrected chi connectivity index (χ2v) is 3.56. The molecule has 0 radical (unpaired) electrons. The molecule has 1 aromatic heterocycles. The van der Waals surface area contributed by atoms with Gasteiger partial charge in [-0.25, -0.2) is 4.79 Å². The van der Waals surface area contributed by atoms with E-state index >= 15 is 0 Å². The van der Waals surface area contributed by atoms with Gasteiger partial charge in [-0.1, -0.05) is 0 Å². The van der Waals surface area contributed by atoms with Gasteiger partial charge in [0, 0.05) is 5.56 Å². The Hall–Kier alpha value is -2.50. The Morgan fingerprint density at radius 2 is 2.00 bits per heavy atom. The fourth-order valence-electron chi connectivity index (χ4n) is 1.59. The van der Waals surface area contributed by atoms with Crippen LogP contribution in [0.1, 0.15) is 15.9 Å². The van der Waals surface area contributed by atoms with Gasteiger partial charge >= 0.3 is 5.63 Å². The Labute approximate surface area is 94.9 Å². The number of phenols is 1. The highest BCUT2D eigenvalue weighted by molar-refractivity contribution is 6.01. The summed E-state index contributed by atoms with van der Waals surface area (Å²) in [7, 11) is 0. The van der Waals surface area contributed by atoms with Gasteiger partial charge in [-0.2, -0.15) is 0 Å². The van der Waals surface area contributed by atoms with Crippen LogP contribution >= 0.6 is 0 Å². The average molecular weight is 235 g/mol. The van der Waals surface area contributed by atoms with Crippen LogP contribution in [0, 0.1) is 6.92 Å². The highest BCUT2D eigenvalue weighted by atomic mass is 16.4. The summed E-state index contributed by atoms with van der Waals surface area (Å²) in [6.07, 6.45) is 0. The smallest absolute Gasteiger partial charge is 0.353 e. The predicted octanol–water partition coefficient (Wildman–Crippen LogP) is 0.612. The first-order chi connectivity index (χ1) is 7.93. The number of primary amides is 1. The molecular formula is C11H9NO5. The van der Waals surface area contributed by atoms with Crippen molar-refractivity contribution in [1.29, 1.82) is 0 Å². The van der Waals surface area contributed by atoms with Gasteiger partial charge in [0.05, 0.1) is 5.39 Å². The monoisotopic (exact) mass is 235 g/mol. The molecule has 0 aliphatic carbocycles. The largest absolute Gasteiger partial charge is 0.508 e. The standard InChI is InChI=1S/C11H9NO5/c1-4-6(13)3-2-5-8(14)7(10(12)15)11(16)17-9(4)5/h2-3,13-14H,1H3,(H2,12,15). The topological polar surface area (TPSA) is 114 Å². The van der Waals surface area contributed by atoms with Gasteiger partial charge in [-0.05, 0) is 19.1 Å². The number of phenolic OH excluding ortho intramolecular Hbond substituents is 1. The van der Waals surface area contributed by atoms with E-state index < -0.39 is 22.8 Å². The molecule has 0 atom stereocenters. The Kier molecular flexibility index (Phi) is 2.27. The molecule has 0 fully saturated rings. The number of aromatic hydroxyl groups is 2. The average Bonchev–Trinajstić information content (AvgIpc) is 2.23. The Bertz CT molecular complexity index is 686. The molecule has 1 amide bonds. The van der Waals surface area contributed by atoms with E-state index in [0.29, 0.717) is 5.56 Å². The maximum absolute atomic E-state index is 11.4. The SMILES string of the molecule is Cc1c(O)ccc2c(O)c(C(N)=O)c(=O)oc12. The summed E-state index contributed by atoms with van der Waals surface area (Å²) in [5.41, 5.74) is 3.66. The fraction of sp³-hybridized carbons (Fsp3) is 0.0909. The number of amides is 1. The van der Waals surface area contributed by atoms with Crippen LogP contribution < -0.4 is 11.4 Å². The molecule has 2 rings (SSSR count). The van der Waals surface area contributed by atoms with E-state index in [4.69, 9.17) is 10.2 Å². The lowest BCUT2D eigenvalue weighted by molar-refractivity contribution is 0.0994. The van der Waals surface area contributed by atoms with Crippen molar-refractivity contribution in [2.24, 2.45) is 5.73 Å². The highest BCUT2D eigenvalue weighted by Gasteiger charge is 2.20. The number of hydrogen-bond acceptors (Lipinski definition) is 5. The van der Waals surface area contributed by atoms with E-state index in [2.05, 4.69) is 0 Å². The first-order valence-electron chi connectivity index (χ1n) is 4.71. The van der Waals surface area contributed by atoms with Gasteiger partial charge in [0.2, 0.25) is 0 Å². The molecule has 0 aliphatic rings. The normalized spacial score (nSPS) is 10.6. The summed E-state index contributed by atoms with van der Waals surface area (Å²) in [6.45, 7) is 1.52. The molecule has 6 nitrogen and oxygen atoms in total. The van der Waals surface area contributed by atoms with Crippen LogP contribution in [0.5, 0.6) is 11.5 Å². The zero-order chi connectivity index (χ0) is 12.7. The summed E-state index contributed by atoms with van der Waals surface area (Å²) in [6, 6.07) is 2.66. The molecule has 1 aromatic carbocycles. The van der Waals surface area contributed by atoms with Crippen molar-refractivity contribution < 1.29 is 19.4 Å². The molecule has 1 heterocycles. The quantitative estimate of drug-likeness (QED) is 0.626. The van der Waals surface area contributed by atoms with Crippen LogP contribution in [-0.2, 0) is 0 Å². The maximum atomic E-state index is 11.4. The van der Waals surface area contributed by atoms with E-state index in [1.807, 2.05) is 0 Å². The minimum Gasteiger partial charge on any atom is -0.508 e. The fourth-order valence-corrected chi connectivity index (χ4v) is 1.59. The van der Waals surface area contributed by atoms with E-state index in [0.717, 1.165) is 0 Å². The lowest BCUT2D eigenvalue weighted by Crippen LogP contribution is -2.21. The van der Waals surface area contributed by atoms with Crippen molar-refractivity contribution >= 4 is 16.9 Å². The molecule has 0 unspecified atom stereocenters. The number of aryl methyl sites for hydroxylation is 1. The molecule has 4 N–H and O–H groups in total. The zero-order valence-corrected chi connectivity index (χ0v) is 8.85. The number of carbonyl (C=O) groups excluding carboxylic acids is 1. The molecule has 2 aromatic rings. The molecule has 0 spiro atoms. The van der Waals surface area contributed by atoms with Crippen LogP contribution in [0.3, 0.4) is 0 Å². The van der Waals surface area contributed by atoms with Gasteiger partial charge < -0.3 is 20.4 Å². The Morgan fingerprint density at radius 1 is 1.35 bits per heavy atom. The number of nitrogens with two attached hydrogens (primary N) is 1. The minimum absolute atomic E-state index is 0.0255. The second kappa shape index (κ2) is 3.51. The van der Waals surface area contributed by atoms with Crippen LogP contribution in [0.25, 0.3) is 11.0 Å². The van der Waals surface area contributed by atoms with Gasteiger partial charge in [0.25, 0.3) is 5.91 Å². The minimum atomic E-state index is -1.07. The number of benzene rings is 1. The first-order valence-corrected chi connectivity index (χ1v) is 4.71. The number of hydrogen-bond donors (Lipinski definition) is 3. The van der Waals surface area contributed by atoms with Crippen LogP contribution in [0.15, 0.2) is 21.3 Å². The van der Waals surface area contributed by atoms with Crippen LogP contribution in [0.2, 0.25) is 0 Å². The van der Waals surface area contributed by atoms with E-state index in [-0.39, 0.29) is 16.7 Å². The van der Waals surface area contributed by atoms with Crippen molar-refractivity contribution in [3.63, 3.8) is 0 Å². The van der Waals surface area contributed by atoms with Crippen molar-refractivity contribution in [3.8, 4) is 11.5 Å². The zero-order valence-electron chi connectivity index (χ0n) is 8.85. The molecule has 0 saturated carbocycles. The second-order valence-electron chi connectivity index (χ2n) is 3.56. The highest BCUT2D eigenvalue weighted by Crippen LogP contribution is 2.32. The molecule has 6 heteroatoms. The van der Waals surface area contributed by atoms with Gasteiger partial charge in [-0.3, -0.25) is 4.79 Å². The summed E-state index contributed by atoms with van der Waals surface area (Å²) >= 11 is 0. The van der Waals surface area contributed by atoms with Crippen LogP contribution in [-0.4, -0.2) is 16.1 Å². The number of fused-ring (bicyclic) bond motifs is 1. The molecule has 0 aliphatic heterocycles. The van der Waals surface area contributed by atoms with E-state index in [1.54, 1.807) is 0 Å². The number of carbonyl (C=O) groups is 1. The summed E-state index contributed by atoms with van der Waals surface area (Å²) < 4.78 is 4.87. The molecule has 88 valence electrons. The van der Waals surface area contributed by atoms with E-state index in [9.17, 15) is 19.8 Å². The summed E-state index contributed by atoms with van der Waals surface area (Å²) in [5, 5.41) is 19.4. The lowest BCUT2D eigenvalue weighted by atomic mass is 10.1. The van der Waals surface area contributed by atoms with E-state index in [1.165, 1.54) is 19.1 Å². The lowest BCUT2D eigenvalue weighted by Gasteiger charge is -2.06. The van der Waals surface area contributed by atoms with Crippen molar-refractivity contribution in [1.82, 2.24) is 0 Å². The molecule has 0 saturated heterocycles. The third-order valence-corrected chi connectivity index (χ3v) is 2.51. The summed E-state index contributed by atoms with van der Waals surface area (Å²) in [5.74, 6) is -1.68. The van der Waals surface area contributed by atoms with Crippen LogP contribution in [0.4, 0.5) is 0 Å². The Morgan fingerprint density at radius 3 is 2.59 bits per heavy atom. The van der Waals surface area contributed by atoms with Gasteiger partial charge in [-0.15, -0.1) is 0 Å². The predicted molar refractivity (Wildman–Crippen MR) is 59.1 cm³/mol. The molecular weight excluding hydrogens is 226 g/mol. The van der Waals surface area contributed by atoms with Crippen molar-refractivity contribution in [3.05, 3.63) is 33.7 Å². The van der Waals surface area contributed by atoms with Gasteiger partial charge in [0.1, 0.15) is 17.1 Å².